The third-order valence-electron chi connectivity index (χ3n) is 1.77. The predicted molar refractivity (Wildman–Crippen MR) is 59.7 cm³/mol. The van der Waals surface area contributed by atoms with Gasteiger partial charge in [-0.2, -0.15) is 0 Å². The maximum Gasteiger partial charge on any atom is 0.241 e. The van der Waals surface area contributed by atoms with Gasteiger partial charge in [-0.15, -0.1) is 0 Å². The van der Waals surface area contributed by atoms with Crippen LogP contribution in [0.15, 0.2) is 27.6 Å². The molecular weight excluding hydrogens is 266 g/mol. The lowest BCUT2D eigenvalue weighted by atomic mass is 10.2. The highest BCUT2D eigenvalue weighted by Crippen LogP contribution is 2.24. The summed E-state index contributed by atoms with van der Waals surface area (Å²) in [5.41, 5.74) is 0.736. The van der Waals surface area contributed by atoms with Crippen molar-refractivity contribution in [2.75, 3.05) is 6.54 Å². The minimum Gasteiger partial charge on any atom is -0.211 e. The lowest BCUT2D eigenvalue weighted by Gasteiger charge is -2.09. The van der Waals surface area contributed by atoms with E-state index in [1.807, 2.05) is 6.07 Å². The molecular formula is C9H12BrNO2S. The highest BCUT2D eigenvalue weighted by Gasteiger charge is 2.18. The predicted octanol–water partition coefficient (Wildman–Crippen LogP) is 2.06. The van der Waals surface area contributed by atoms with Gasteiger partial charge in [0.05, 0.1) is 4.90 Å². The zero-order valence-electron chi connectivity index (χ0n) is 8.04. The minimum atomic E-state index is -3.37. The van der Waals surface area contributed by atoms with E-state index in [1.165, 1.54) is 0 Å². The molecule has 0 unspecified atom stereocenters. The molecule has 0 spiro atoms. The summed E-state index contributed by atoms with van der Waals surface area (Å²) >= 11 is 3.23. The van der Waals surface area contributed by atoms with E-state index in [0.717, 1.165) is 5.56 Å². The van der Waals surface area contributed by atoms with Gasteiger partial charge in [-0.05, 0) is 34.5 Å². The molecule has 0 fully saturated rings. The first-order chi connectivity index (χ1) is 6.49. The first kappa shape index (κ1) is 11.7. The van der Waals surface area contributed by atoms with Crippen molar-refractivity contribution in [3.63, 3.8) is 0 Å². The molecule has 0 aliphatic rings. The van der Waals surface area contributed by atoms with Crippen molar-refractivity contribution in [2.24, 2.45) is 0 Å². The van der Waals surface area contributed by atoms with E-state index in [0.29, 0.717) is 15.9 Å². The molecule has 1 aromatic carbocycles. The fourth-order valence-electron chi connectivity index (χ4n) is 1.22. The Morgan fingerprint density at radius 3 is 2.57 bits per heavy atom. The molecule has 0 amide bonds. The molecule has 1 aromatic rings. The van der Waals surface area contributed by atoms with Gasteiger partial charge in [0.15, 0.2) is 0 Å². The molecule has 0 bridgehead atoms. The number of hydrogen-bond acceptors (Lipinski definition) is 2. The number of halogens is 1. The van der Waals surface area contributed by atoms with Gasteiger partial charge in [0.2, 0.25) is 10.0 Å². The topological polar surface area (TPSA) is 46.2 Å². The van der Waals surface area contributed by atoms with Crippen LogP contribution in [0.25, 0.3) is 0 Å². The molecule has 0 heterocycles. The number of rotatable bonds is 3. The van der Waals surface area contributed by atoms with Crippen LogP contribution in [0.2, 0.25) is 0 Å². The van der Waals surface area contributed by atoms with Crippen LogP contribution < -0.4 is 4.72 Å². The van der Waals surface area contributed by atoms with Crippen LogP contribution in [0.4, 0.5) is 0 Å². The van der Waals surface area contributed by atoms with Crippen molar-refractivity contribution < 1.29 is 8.42 Å². The Morgan fingerprint density at radius 1 is 1.43 bits per heavy atom. The highest BCUT2D eigenvalue weighted by atomic mass is 79.9. The summed E-state index contributed by atoms with van der Waals surface area (Å²) in [6.45, 7) is 3.92. The Balaban J connectivity index is 3.32. The monoisotopic (exact) mass is 277 g/mol. The summed E-state index contributed by atoms with van der Waals surface area (Å²) in [5.74, 6) is 0. The number of aryl methyl sites for hydroxylation is 1. The molecule has 3 nitrogen and oxygen atoms in total. The second kappa shape index (κ2) is 4.42. The normalized spacial score (nSPS) is 11.6. The van der Waals surface area contributed by atoms with E-state index in [4.69, 9.17) is 0 Å². The Kier molecular flexibility index (Phi) is 3.69. The number of hydrogen-bond donors (Lipinski definition) is 1. The fourth-order valence-corrected chi connectivity index (χ4v) is 3.66. The summed E-state index contributed by atoms with van der Waals surface area (Å²) in [4.78, 5) is 0.321. The smallest absolute Gasteiger partial charge is 0.211 e. The molecule has 0 atom stereocenters. The summed E-state index contributed by atoms with van der Waals surface area (Å²) < 4.78 is 26.5. The van der Waals surface area contributed by atoms with E-state index in [9.17, 15) is 8.42 Å². The third kappa shape index (κ3) is 2.34. The molecule has 0 saturated heterocycles. The van der Waals surface area contributed by atoms with Crippen LogP contribution in [0, 0.1) is 6.92 Å². The number of sulfonamides is 1. The van der Waals surface area contributed by atoms with Crippen molar-refractivity contribution in [3.8, 4) is 0 Å². The van der Waals surface area contributed by atoms with Crippen LogP contribution in [0.5, 0.6) is 0 Å². The molecule has 0 saturated carbocycles. The van der Waals surface area contributed by atoms with E-state index in [-0.39, 0.29) is 0 Å². The minimum absolute atomic E-state index is 0.321. The van der Waals surface area contributed by atoms with Gasteiger partial charge in [0, 0.05) is 11.0 Å². The lowest BCUT2D eigenvalue weighted by Crippen LogP contribution is -2.24. The molecule has 0 radical (unpaired) electrons. The van der Waals surface area contributed by atoms with Crippen molar-refractivity contribution in [1.29, 1.82) is 0 Å². The van der Waals surface area contributed by atoms with Crippen molar-refractivity contribution in [1.82, 2.24) is 4.72 Å². The van der Waals surface area contributed by atoms with Gasteiger partial charge >= 0.3 is 0 Å². The molecule has 14 heavy (non-hydrogen) atoms. The zero-order chi connectivity index (χ0) is 10.8. The van der Waals surface area contributed by atoms with Crippen LogP contribution >= 0.6 is 15.9 Å². The quantitative estimate of drug-likeness (QED) is 0.919. The Labute approximate surface area is 92.7 Å². The van der Waals surface area contributed by atoms with Crippen LogP contribution in [-0.4, -0.2) is 15.0 Å². The summed E-state index contributed by atoms with van der Waals surface area (Å²) in [5, 5.41) is 0. The van der Waals surface area contributed by atoms with E-state index < -0.39 is 10.0 Å². The Bertz CT molecular complexity index is 408. The van der Waals surface area contributed by atoms with E-state index >= 15 is 0 Å². The summed E-state index contributed by atoms with van der Waals surface area (Å²) in [6, 6.07) is 5.30. The second-order valence-electron chi connectivity index (χ2n) is 2.89. The third-order valence-corrected chi connectivity index (χ3v) is 4.44. The molecule has 0 aliphatic heterocycles. The molecule has 78 valence electrons. The lowest BCUT2D eigenvalue weighted by molar-refractivity contribution is 0.583. The first-order valence-corrected chi connectivity index (χ1v) is 6.51. The van der Waals surface area contributed by atoms with Crippen molar-refractivity contribution in [3.05, 3.63) is 28.2 Å². The molecule has 5 heteroatoms. The van der Waals surface area contributed by atoms with Gasteiger partial charge in [0.1, 0.15) is 0 Å². The maximum atomic E-state index is 11.7. The number of benzene rings is 1. The summed E-state index contributed by atoms with van der Waals surface area (Å²) in [6.07, 6.45) is 0. The standard InChI is InChI=1S/C9H12BrNO2S/c1-3-11-14(12,13)9-7(2)5-4-6-8(9)10/h4-6,11H,3H2,1-2H3. The zero-order valence-corrected chi connectivity index (χ0v) is 10.4. The maximum absolute atomic E-state index is 11.7. The fraction of sp³-hybridized carbons (Fsp3) is 0.333. The van der Waals surface area contributed by atoms with Gasteiger partial charge < -0.3 is 0 Å². The summed E-state index contributed by atoms with van der Waals surface area (Å²) in [7, 11) is -3.37. The molecule has 1 rings (SSSR count). The molecule has 0 aromatic heterocycles. The molecule has 1 N–H and O–H groups in total. The van der Waals surface area contributed by atoms with Crippen LogP contribution in [-0.2, 0) is 10.0 Å². The number of nitrogens with one attached hydrogen (secondary N) is 1. The van der Waals surface area contributed by atoms with Gasteiger partial charge in [-0.25, -0.2) is 13.1 Å². The first-order valence-electron chi connectivity index (χ1n) is 4.24. The average Bonchev–Trinajstić information content (AvgIpc) is 2.02. The highest BCUT2D eigenvalue weighted by molar-refractivity contribution is 9.10. The SMILES string of the molecule is CCNS(=O)(=O)c1c(C)cccc1Br. The van der Waals surface area contributed by atoms with Gasteiger partial charge in [-0.3, -0.25) is 0 Å². The second-order valence-corrected chi connectivity index (χ2v) is 5.45. The van der Waals surface area contributed by atoms with Crippen LogP contribution in [0.1, 0.15) is 12.5 Å². The molecule has 0 aliphatic carbocycles. The van der Waals surface area contributed by atoms with E-state index in [1.54, 1.807) is 26.0 Å². The Morgan fingerprint density at radius 2 is 2.07 bits per heavy atom. The van der Waals surface area contributed by atoms with Crippen molar-refractivity contribution in [2.45, 2.75) is 18.7 Å². The van der Waals surface area contributed by atoms with Crippen molar-refractivity contribution >= 4 is 26.0 Å². The van der Waals surface area contributed by atoms with Crippen LogP contribution in [0.3, 0.4) is 0 Å². The van der Waals surface area contributed by atoms with E-state index in [2.05, 4.69) is 20.7 Å². The van der Waals surface area contributed by atoms with Gasteiger partial charge in [0.25, 0.3) is 0 Å². The largest absolute Gasteiger partial charge is 0.241 e. The average molecular weight is 278 g/mol. The van der Waals surface area contributed by atoms with Gasteiger partial charge in [-0.1, -0.05) is 19.1 Å². The Hall–Kier alpha value is -0.390.